The Balaban J connectivity index is 1.61. The van der Waals surface area contributed by atoms with Crippen molar-refractivity contribution in [2.75, 3.05) is 5.32 Å². The van der Waals surface area contributed by atoms with Crippen LogP contribution in [0.3, 0.4) is 0 Å². The first kappa shape index (κ1) is 17.5. The molecule has 0 radical (unpaired) electrons. The maximum Gasteiger partial charge on any atom is 0.277 e. The SMILES string of the molecule is Cc1ccc(NC(=O)Cn2ccn3nc4c(c3c2=O)CCCCC4)cc1C. The summed E-state index contributed by atoms with van der Waals surface area (Å²) in [6.45, 7) is 4.03. The second-order valence-electron chi connectivity index (χ2n) is 7.36. The van der Waals surface area contributed by atoms with Gasteiger partial charge in [-0.2, -0.15) is 5.10 Å². The first-order valence-corrected chi connectivity index (χ1v) is 9.49. The molecule has 1 aliphatic carbocycles. The van der Waals surface area contributed by atoms with E-state index in [4.69, 9.17) is 0 Å². The highest BCUT2D eigenvalue weighted by atomic mass is 16.2. The Labute approximate surface area is 157 Å². The summed E-state index contributed by atoms with van der Waals surface area (Å²) in [5, 5.41) is 7.46. The van der Waals surface area contributed by atoms with Gasteiger partial charge in [0, 0.05) is 23.6 Å². The highest BCUT2D eigenvalue weighted by molar-refractivity contribution is 5.90. The predicted molar refractivity (Wildman–Crippen MR) is 105 cm³/mol. The molecule has 1 aromatic carbocycles. The van der Waals surface area contributed by atoms with Crippen molar-refractivity contribution in [2.45, 2.75) is 52.5 Å². The molecule has 140 valence electrons. The fourth-order valence-corrected chi connectivity index (χ4v) is 3.73. The van der Waals surface area contributed by atoms with Gasteiger partial charge in [-0.05, 0) is 62.8 Å². The van der Waals surface area contributed by atoms with Gasteiger partial charge in [-0.1, -0.05) is 12.5 Å². The number of carbonyl (C=O) groups excluding carboxylic acids is 1. The van der Waals surface area contributed by atoms with Gasteiger partial charge in [-0.3, -0.25) is 9.59 Å². The van der Waals surface area contributed by atoms with Gasteiger partial charge in [0.2, 0.25) is 5.91 Å². The smallest absolute Gasteiger partial charge is 0.277 e. The molecule has 4 rings (SSSR count). The average Bonchev–Trinajstić information content (AvgIpc) is 2.83. The number of nitrogens with one attached hydrogen (secondary N) is 1. The number of aryl methyl sites for hydroxylation is 4. The summed E-state index contributed by atoms with van der Waals surface area (Å²) in [6, 6.07) is 5.80. The van der Waals surface area contributed by atoms with Crippen molar-refractivity contribution >= 4 is 17.1 Å². The molecule has 1 aliphatic rings. The number of aromatic nitrogens is 3. The van der Waals surface area contributed by atoms with Gasteiger partial charge in [0.25, 0.3) is 5.56 Å². The second-order valence-corrected chi connectivity index (χ2v) is 7.36. The molecule has 1 amide bonds. The van der Waals surface area contributed by atoms with Gasteiger partial charge in [-0.15, -0.1) is 0 Å². The van der Waals surface area contributed by atoms with Gasteiger partial charge in [-0.25, -0.2) is 4.52 Å². The third-order valence-electron chi connectivity index (χ3n) is 5.39. The zero-order valence-corrected chi connectivity index (χ0v) is 15.8. The van der Waals surface area contributed by atoms with Crippen LogP contribution >= 0.6 is 0 Å². The molecule has 2 aromatic heterocycles. The van der Waals surface area contributed by atoms with Crippen LogP contribution in [-0.2, 0) is 24.2 Å². The van der Waals surface area contributed by atoms with Crippen LogP contribution in [-0.4, -0.2) is 20.1 Å². The number of nitrogens with zero attached hydrogens (tertiary/aromatic N) is 3. The summed E-state index contributed by atoms with van der Waals surface area (Å²) in [4.78, 5) is 25.4. The summed E-state index contributed by atoms with van der Waals surface area (Å²) in [6.07, 6.45) is 8.58. The summed E-state index contributed by atoms with van der Waals surface area (Å²) in [5.41, 5.74) is 5.60. The first-order valence-electron chi connectivity index (χ1n) is 9.49. The molecule has 0 saturated carbocycles. The zero-order valence-electron chi connectivity index (χ0n) is 15.8. The van der Waals surface area contributed by atoms with Crippen LogP contribution in [0.25, 0.3) is 5.52 Å². The Morgan fingerprint density at radius 3 is 2.74 bits per heavy atom. The average molecular weight is 364 g/mol. The Kier molecular flexibility index (Phi) is 4.56. The number of anilines is 1. The molecule has 0 fully saturated rings. The van der Waals surface area contributed by atoms with Crippen molar-refractivity contribution in [1.29, 1.82) is 0 Å². The van der Waals surface area contributed by atoms with E-state index in [0.717, 1.165) is 48.2 Å². The molecule has 2 heterocycles. The Morgan fingerprint density at radius 1 is 1.11 bits per heavy atom. The minimum atomic E-state index is -0.213. The van der Waals surface area contributed by atoms with Crippen LogP contribution in [0.4, 0.5) is 5.69 Å². The molecule has 0 spiro atoms. The summed E-state index contributed by atoms with van der Waals surface area (Å²) >= 11 is 0. The van der Waals surface area contributed by atoms with Crippen molar-refractivity contribution in [3.8, 4) is 0 Å². The maximum atomic E-state index is 13.0. The van der Waals surface area contributed by atoms with E-state index in [2.05, 4.69) is 10.4 Å². The van der Waals surface area contributed by atoms with E-state index in [1.165, 1.54) is 16.6 Å². The van der Waals surface area contributed by atoms with Crippen molar-refractivity contribution in [2.24, 2.45) is 0 Å². The summed E-state index contributed by atoms with van der Waals surface area (Å²) in [5.74, 6) is -0.213. The topological polar surface area (TPSA) is 68.4 Å². The Bertz CT molecular complexity index is 1080. The van der Waals surface area contributed by atoms with E-state index in [1.807, 2.05) is 32.0 Å². The number of amides is 1. The third kappa shape index (κ3) is 3.39. The summed E-state index contributed by atoms with van der Waals surface area (Å²) < 4.78 is 3.15. The normalized spacial score (nSPS) is 14.0. The van der Waals surface area contributed by atoms with Crippen LogP contribution in [0.5, 0.6) is 0 Å². The van der Waals surface area contributed by atoms with Crippen LogP contribution in [0.1, 0.15) is 41.6 Å². The molecule has 1 N–H and O–H groups in total. The quantitative estimate of drug-likeness (QED) is 0.727. The standard InChI is InChI=1S/C21H24N4O2/c1-14-8-9-16(12-15(14)2)22-19(26)13-24-10-11-25-20(21(24)27)17-6-4-3-5-7-18(17)23-25/h8-12H,3-7,13H2,1-2H3,(H,22,26). The van der Waals surface area contributed by atoms with Gasteiger partial charge in [0.15, 0.2) is 0 Å². The molecular weight excluding hydrogens is 340 g/mol. The van der Waals surface area contributed by atoms with E-state index in [1.54, 1.807) is 16.9 Å². The Hall–Kier alpha value is -2.89. The van der Waals surface area contributed by atoms with Crippen LogP contribution in [0.2, 0.25) is 0 Å². The molecule has 0 aliphatic heterocycles. The van der Waals surface area contributed by atoms with Gasteiger partial charge in [0.1, 0.15) is 12.1 Å². The molecule has 0 saturated heterocycles. The number of hydrogen-bond donors (Lipinski definition) is 1. The number of fused-ring (bicyclic) bond motifs is 3. The van der Waals surface area contributed by atoms with Crippen LogP contribution < -0.4 is 10.9 Å². The van der Waals surface area contributed by atoms with E-state index < -0.39 is 0 Å². The lowest BCUT2D eigenvalue weighted by Crippen LogP contribution is -2.28. The summed E-state index contributed by atoms with van der Waals surface area (Å²) in [7, 11) is 0. The minimum absolute atomic E-state index is 0.0117. The minimum Gasteiger partial charge on any atom is -0.325 e. The second kappa shape index (κ2) is 7.02. The number of carbonyl (C=O) groups is 1. The van der Waals surface area contributed by atoms with E-state index in [-0.39, 0.29) is 18.0 Å². The monoisotopic (exact) mass is 364 g/mol. The van der Waals surface area contributed by atoms with E-state index in [9.17, 15) is 9.59 Å². The molecule has 6 heteroatoms. The van der Waals surface area contributed by atoms with Crippen molar-refractivity contribution in [3.05, 3.63) is 63.3 Å². The zero-order chi connectivity index (χ0) is 19.0. The number of benzene rings is 1. The predicted octanol–water partition coefficient (Wildman–Crippen LogP) is 3.02. The van der Waals surface area contributed by atoms with Crippen LogP contribution in [0, 0.1) is 13.8 Å². The lowest BCUT2D eigenvalue weighted by Gasteiger charge is -2.09. The molecule has 27 heavy (non-hydrogen) atoms. The molecule has 6 nitrogen and oxygen atoms in total. The fraction of sp³-hybridized carbons (Fsp3) is 0.381. The highest BCUT2D eigenvalue weighted by Gasteiger charge is 2.19. The first-order chi connectivity index (χ1) is 13.0. The largest absolute Gasteiger partial charge is 0.325 e. The van der Waals surface area contributed by atoms with E-state index in [0.29, 0.717) is 5.52 Å². The molecule has 0 unspecified atom stereocenters. The van der Waals surface area contributed by atoms with Gasteiger partial charge < -0.3 is 9.88 Å². The maximum absolute atomic E-state index is 13.0. The molecular formula is C21H24N4O2. The molecule has 3 aromatic rings. The van der Waals surface area contributed by atoms with Crippen molar-refractivity contribution in [3.63, 3.8) is 0 Å². The molecule has 0 atom stereocenters. The van der Waals surface area contributed by atoms with Crippen molar-refractivity contribution < 1.29 is 4.79 Å². The fourth-order valence-electron chi connectivity index (χ4n) is 3.73. The van der Waals surface area contributed by atoms with Gasteiger partial charge in [0.05, 0.1) is 5.69 Å². The number of hydrogen-bond acceptors (Lipinski definition) is 3. The van der Waals surface area contributed by atoms with Gasteiger partial charge >= 0.3 is 0 Å². The molecule has 0 bridgehead atoms. The van der Waals surface area contributed by atoms with Crippen molar-refractivity contribution in [1.82, 2.24) is 14.2 Å². The number of rotatable bonds is 3. The van der Waals surface area contributed by atoms with Crippen LogP contribution in [0.15, 0.2) is 35.4 Å². The highest BCUT2D eigenvalue weighted by Crippen LogP contribution is 2.22. The third-order valence-corrected chi connectivity index (χ3v) is 5.39. The lowest BCUT2D eigenvalue weighted by atomic mass is 10.1. The van der Waals surface area contributed by atoms with E-state index >= 15 is 0 Å². The lowest BCUT2D eigenvalue weighted by molar-refractivity contribution is -0.116. The Morgan fingerprint density at radius 2 is 1.93 bits per heavy atom.